The standard InChI is InChI=1S/C23H21ClN2O5S2/c24-16-7-10-18(27)15(12-16)13-19-21(29)26(23(32)33-19)11-3-1-2-4-20(28)25-17-8-5-14(6-9-17)22(30)31/h5-10,12-13,27H,1-4,11H2,(H,25,28)(H,30,31)/b19-13-. The Bertz CT molecular complexity index is 1120. The Labute approximate surface area is 205 Å². The van der Waals surface area contributed by atoms with Crippen molar-refractivity contribution in [2.24, 2.45) is 0 Å². The van der Waals surface area contributed by atoms with Gasteiger partial charge in [0.25, 0.3) is 5.91 Å². The molecule has 7 nitrogen and oxygen atoms in total. The van der Waals surface area contributed by atoms with Crippen molar-refractivity contribution in [3.05, 3.63) is 63.5 Å². The zero-order valence-corrected chi connectivity index (χ0v) is 19.8. The highest BCUT2D eigenvalue weighted by atomic mass is 35.5. The van der Waals surface area contributed by atoms with Gasteiger partial charge in [0.1, 0.15) is 10.1 Å². The number of anilines is 1. The van der Waals surface area contributed by atoms with Crippen molar-refractivity contribution in [1.82, 2.24) is 4.90 Å². The molecule has 2 aromatic rings. The summed E-state index contributed by atoms with van der Waals surface area (Å²) in [5.74, 6) is -1.37. The van der Waals surface area contributed by atoms with Crippen LogP contribution in [0.5, 0.6) is 5.75 Å². The zero-order chi connectivity index (χ0) is 24.0. The largest absolute Gasteiger partial charge is 0.507 e. The Morgan fingerprint density at radius 3 is 2.55 bits per heavy atom. The summed E-state index contributed by atoms with van der Waals surface area (Å²) in [6, 6.07) is 10.6. The Kier molecular flexibility index (Phi) is 8.49. The molecule has 3 N–H and O–H groups in total. The van der Waals surface area contributed by atoms with E-state index in [1.165, 1.54) is 34.9 Å². The van der Waals surface area contributed by atoms with Gasteiger partial charge in [-0.15, -0.1) is 0 Å². The number of hydrogen-bond acceptors (Lipinski definition) is 6. The lowest BCUT2D eigenvalue weighted by molar-refractivity contribution is -0.122. The molecule has 172 valence electrons. The van der Waals surface area contributed by atoms with Crippen LogP contribution in [0.15, 0.2) is 47.4 Å². The number of amides is 2. The van der Waals surface area contributed by atoms with Crippen molar-refractivity contribution in [3.8, 4) is 5.75 Å². The number of carboxylic acid groups (broad SMARTS) is 1. The van der Waals surface area contributed by atoms with Gasteiger partial charge in [0, 0.05) is 29.2 Å². The third kappa shape index (κ3) is 6.80. The van der Waals surface area contributed by atoms with E-state index < -0.39 is 5.97 Å². The van der Waals surface area contributed by atoms with Crippen molar-refractivity contribution in [1.29, 1.82) is 0 Å². The first kappa shape index (κ1) is 24.8. The van der Waals surface area contributed by atoms with Gasteiger partial charge in [-0.2, -0.15) is 0 Å². The summed E-state index contributed by atoms with van der Waals surface area (Å²) in [4.78, 5) is 37.6. The molecule has 2 aromatic carbocycles. The molecule has 0 spiro atoms. The minimum absolute atomic E-state index is 0.0285. The first-order valence-corrected chi connectivity index (χ1v) is 11.7. The number of phenols is 1. The van der Waals surface area contributed by atoms with E-state index in [9.17, 15) is 19.5 Å². The number of nitrogens with zero attached hydrogens (tertiary/aromatic N) is 1. The van der Waals surface area contributed by atoms with Gasteiger partial charge in [-0.05, 0) is 61.4 Å². The number of benzene rings is 2. The number of carbonyl (C=O) groups excluding carboxylic acids is 2. The predicted octanol–water partition coefficient (Wildman–Crippen LogP) is 5.14. The summed E-state index contributed by atoms with van der Waals surface area (Å²) in [6.45, 7) is 0.446. The maximum absolute atomic E-state index is 12.7. The molecule has 3 rings (SSSR count). The molecule has 33 heavy (non-hydrogen) atoms. The molecule has 2 amide bonds. The van der Waals surface area contributed by atoms with Crippen LogP contribution in [0.25, 0.3) is 6.08 Å². The Hall–Kier alpha value is -2.88. The number of nitrogens with one attached hydrogen (secondary N) is 1. The van der Waals surface area contributed by atoms with E-state index in [0.29, 0.717) is 51.3 Å². The molecule has 0 radical (unpaired) electrons. The van der Waals surface area contributed by atoms with E-state index in [-0.39, 0.29) is 23.1 Å². The second-order valence-electron chi connectivity index (χ2n) is 7.28. The van der Waals surface area contributed by atoms with Crippen LogP contribution >= 0.6 is 35.6 Å². The second kappa shape index (κ2) is 11.3. The zero-order valence-electron chi connectivity index (χ0n) is 17.4. The van der Waals surface area contributed by atoms with E-state index in [1.807, 2.05) is 0 Å². The van der Waals surface area contributed by atoms with Crippen LogP contribution < -0.4 is 5.32 Å². The third-order valence-corrected chi connectivity index (χ3v) is 6.46. The molecule has 1 heterocycles. The summed E-state index contributed by atoms with van der Waals surface area (Å²) in [5, 5.41) is 22.0. The molecule has 1 saturated heterocycles. The molecule has 10 heteroatoms. The first-order valence-electron chi connectivity index (χ1n) is 10.1. The number of carboxylic acids is 1. The fourth-order valence-electron chi connectivity index (χ4n) is 3.13. The van der Waals surface area contributed by atoms with Gasteiger partial charge in [0.05, 0.1) is 10.5 Å². The molecule has 0 aliphatic carbocycles. The number of thioether (sulfide) groups is 1. The van der Waals surface area contributed by atoms with Crippen LogP contribution in [0, 0.1) is 0 Å². The lowest BCUT2D eigenvalue weighted by atomic mass is 10.1. The van der Waals surface area contributed by atoms with Gasteiger partial charge in [0.15, 0.2) is 0 Å². The minimum Gasteiger partial charge on any atom is -0.507 e. The predicted molar refractivity (Wildman–Crippen MR) is 133 cm³/mol. The van der Waals surface area contributed by atoms with E-state index >= 15 is 0 Å². The van der Waals surface area contributed by atoms with Crippen molar-refractivity contribution in [2.75, 3.05) is 11.9 Å². The van der Waals surface area contributed by atoms with E-state index in [2.05, 4.69) is 5.32 Å². The van der Waals surface area contributed by atoms with Gasteiger partial charge in [-0.3, -0.25) is 14.5 Å². The monoisotopic (exact) mass is 504 g/mol. The normalized spacial score (nSPS) is 14.7. The molecule has 0 bridgehead atoms. The van der Waals surface area contributed by atoms with Crippen molar-refractivity contribution in [3.63, 3.8) is 0 Å². The van der Waals surface area contributed by atoms with Gasteiger partial charge in [0.2, 0.25) is 5.91 Å². The first-order chi connectivity index (χ1) is 15.7. The van der Waals surface area contributed by atoms with Crippen LogP contribution in [0.1, 0.15) is 41.6 Å². The highest BCUT2D eigenvalue weighted by Gasteiger charge is 2.31. The average Bonchev–Trinajstić information content (AvgIpc) is 3.03. The van der Waals surface area contributed by atoms with E-state index in [1.54, 1.807) is 30.3 Å². The van der Waals surface area contributed by atoms with Crippen molar-refractivity contribution in [2.45, 2.75) is 25.7 Å². The molecule has 0 atom stereocenters. The molecule has 0 saturated carbocycles. The number of hydrogen-bond donors (Lipinski definition) is 3. The quantitative estimate of drug-likeness (QED) is 0.246. The Morgan fingerprint density at radius 1 is 1.12 bits per heavy atom. The number of thiocarbonyl (C=S) groups is 1. The number of rotatable bonds is 9. The van der Waals surface area contributed by atoms with Gasteiger partial charge >= 0.3 is 5.97 Å². The molecule has 1 fully saturated rings. The number of aromatic carboxylic acids is 1. The lowest BCUT2D eigenvalue weighted by Gasteiger charge is -2.14. The van der Waals surface area contributed by atoms with Crippen LogP contribution in [-0.4, -0.2) is 43.8 Å². The number of unbranched alkanes of at least 4 members (excludes halogenated alkanes) is 2. The van der Waals surface area contributed by atoms with Crippen LogP contribution in [0.4, 0.5) is 5.69 Å². The highest BCUT2D eigenvalue weighted by molar-refractivity contribution is 8.26. The van der Waals surface area contributed by atoms with Gasteiger partial charge in [-0.1, -0.05) is 42.0 Å². The number of halogens is 1. The molecule has 1 aliphatic rings. The Balaban J connectivity index is 1.43. The van der Waals surface area contributed by atoms with Crippen LogP contribution in [0.3, 0.4) is 0 Å². The average molecular weight is 505 g/mol. The topological polar surface area (TPSA) is 107 Å². The fourth-order valence-corrected chi connectivity index (χ4v) is 4.61. The summed E-state index contributed by atoms with van der Waals surface area (Å²) < 4.78 is 0.454. The van der Waals surface area contributed by atoms with E-state index in [4.69, 9.17) is 28.9 Å². The molecular weight excluding hydrogens is 484 g/mol. The molecule has 0 unspecified atom stereocenters. The van der Waals surface area contributed by atoms with Crippen molar-refractivity contribution < 1.29 is 24.6 Å². The summed E-state index contributed by atoms with van der Waals surface area (Å²) in [7, 11) is 0. The van der Waals surface area contributed by atoms with Gasteiger partial charge in [-0.25, -0.2) is 4.79 Å². The summed E-state index contributed by atoms with van der Waals surface area (Å²) in [6.07, 6.45) is 3.94. The molecular formula is C23H21ClN2O5S2. The maximum Gasteiger partial charge on any atom is 0.335 e. The SMILES string of the molecule is O=C(CCCCCN1C(=O)/C(=C/c2cc(Cl)ccc2O)SC1=S)Nc1ccc(C(=O)O)cc1. The third-order valence-electron chi connectivity index (χ3n) is 4.85. The minimum atomic E-state index is -1.02. The number of carbonyl (C=O) groups is 3. The number of aromatic hydroxyl groups is 1. The Morgan fingerprint density at radius 2 is 1.85 bits per heavy atom. The highest BCUT2D eigenvalue weighted by Crippen LogP contribution is 2.34. The smallest absolute Gasteiger partial charge is 0.335 e. The van der Waals surface area contributed by atoms with E-state index in [0.717, 1.165) is 6.42 Å². The fraction of sp³-hybridized carbons (Fsp3) is 0.217. The second-order valence-corrected chi connectivity index (χ2v) is 9.39. The summed E-state index contributed by atoms with van der Waals surface area (Å²) in [5.41, 5.74) is 1.15. The van der Waals surface area contributed by atoms with Crippen molar-refractivity contribution >= 4 is 69.4 Å². The van der Waals surface area contributed by atoms with Crippen LogP contribution in [-0.2, 0) is 9.59 Å². The summed E-state index contributed by atoms with van der Waals surface area (Å²) >= 11 is 12.5. The molecule has 0 aromatic heterocycles. The van der Waals surface area contributed by atoms with Crippen LogP contribution in [0.2, 0.25) is 5.02 Å². The maximum atomic E-state index is 12.7. The number of phenolic OH excluding ortho intramolecular Hbond substituents is 1. The lowest BCUT2D eigenvalue weighted by Crippen LogP contribution is -2.29. The molecule has 1 aliphatic heterocycles. The van der Waals surface area contributed by atoms with Gasteiger partial charge < -0.3 is 15.5 Å².